The molecule has 2 aromatic rings. The van der Waals surface area contributed by atoms with Crippen molar-refractivity contribution in [3.05, 3.63) is 59.2 Å². The van der Waals surface area contributed by atoms with Gasteiger partial charge in [0.25, 0.3) is 15.9 Å². The Morgan fingerprint density at radius 1 is 1.04 bits per heavy atom. The molecule has 6 nitrogen and oxygen atoms in total. The van der Waals surface area contributed by atoms with Crippen LogP contribution in [0, 0.1) is 0 Å². The maximum atomic E-state index is 12.3. The Labute approximate surface area is 134 Å². The summed E-state index contributed by atoms with van der Waals surface area (Å²) in [5, 5.41) is 9.60. The summed E-state index contributed by atoms with van der Waals surface area (Å²) in [7, 11) is -3.86. The molecule has 0 atom stereocenters. The van der Waals surface area contributed by atoms with Crippen molar-refractivity contribution in [1.29, 1.82) is 0 Å². The molecule has 1 aliphatic rings. The number of aryl methyl sites for hydroxylation is 2. The molecule has 7 heteroatoms. The van der Waals surface area contributed by atoms with E-state index in [0.717, 1.165) is 24.8 Å². The molecule has 0 radical (unpaired) electrons. The Hall–Kier alpha value is -2.38. The Morgan fingerprint density at radius 2 is 1.78 bits per heavy atom. The van der Waals surface area contributed by atoms with Crippen molar-refractivity contribution in [3.8, 4) is 5.75 Å². The fraction of sp³-hybridized carbons (Fsp3) is 0.188. The van der Waals surface area contributed by atoms with Crippen molar-refractivity contribution in [2.75, 3.05) is 0 Å². The van der Waals surface area contributed by atoms with Gasteiger partial charge in [-0.25, -0.2) is 8.42 Å². The highest BCUT2D eigenvalue weighted by Gasteiger charge is 2.20. The number of rotatable bonds is 4. The van der Waals surface area contributed by atoms with Crippen LogP contribution in [0.5, 0.6) is 5.75 Å². The van der Waals surface area contributed by atoms with E-state index in [1.807, 2.05) is 6.07 Å². The first-order chi connectivity index (χ1) is 11.0. The van der Waals surface area contributed by atoms with Gasteiger partial charge in [-0.3, -0.25) is 10.2 Å². The predicted octanol–water partition coefficient (Wildman–Crippen LogP) is 1.50. The molecule has 0 heterocycles. The van der Waals surface area contributed by atoms with E-state index >= 15 is 0 Å². The van der Waals surface area contributed by atoms with Gasteiger partial charge in [-0.2, -0.15) is 0 Å². The first kappa shape index (κ1) is 15.5. The van der Waals surface area contributed by atoms with Crippen LogP contribution in [-0.2, 0) is 22.9 Å². The number of hydrogen-bond acceptors (Lipinski definition) is 4. The molecule has 0 aromatic heterocycles. The maximum Gasteiger partial charge on any atom is 0.269 e. The highest BCUT2D eigenvalue weighted by atomic mass is 32.2. The highest BCUT2D eigenvalue weighted by molar-refractivity contribution is 7.89. The number of hydrazine groups is 1. The average Bonchev–Trinajstić information content (AvgIpc) is 3.00. The number of amides is 1. The van der Waals surface area contributed by atoms with E-state index in [4.69, 9.17) is 0 Å². The molecular weight excluding hydrogens is 316 g/mol. The van der Waals surface area contributed by atoms with Crippen LogP contribution in [0.2, 0.25) is 0 Å². The summed E-state index contributed by atoms with van der Waals surface area (Å²) in [6.45, 7) is 0. The standard InChI is InChI=1S/C16H16N2O4S/c19-15-7-2-1-6-14(15)16(20)17-18-23(21,22)13-9-8-11-4-3-5-12(11)10-13/h1-2,6-10,18-19H,3-5H2,(H,17,20). The third-order valence-electron chi connectivity index (χ3n) is 3.83. The van der Waals surface area contributed by atoms with Crippen molar-refractivity contribution in [3.63, 3.8) is 0 Å². The van der Waals surface area contributed by atoms with Crippen LogP contribution in [0.4, 0.5) is 0 Å². The van der Waals surface area contributed by atoms with Crippen LogP contribution in [0.3, 0.4) is 0 Å². The van der Waals surface area contributed by atoms with Gasteiger partial charge in [-0.15, -0.1) is 4.83 Å². The zero-order valence-electron chi connectivity index (χ0n) is 12.2. The number of carbonyl (C=O) groups excluding carboxylic acids is 1. The van der Waals surface area contributed by atoms with Crippen molar-refractivity contribution < 1.29 is 18.3 Å². The average molecular weight is 332 g/mol. The monoisotopic (exact) mass is 332 g/mol. The SMILES string of the molecule is O=C(NNS(=O)(=O)c1ccc2c(c1)CCC2)c1ccccc1O. The summed E-state index contributed by atoms with van der Waals surface area (Å²) in [6.07, 6.45) is 2.85. The molecule has 23 heavy (non-hydrogen) atoms. The van der Waals surface area contributed by atoms with Gasteiger partial charge in [-0.1, -0.05) is 18.2 Å². The second-order valence-electron chi connectivity index (χ2n) is 5.36. The highest BCUT2D eigenvalue weighted by Crippen LogP contribution is 2.24. The van der Waals surface area contributed by atoms with E-state index in [1.54, 1.807) is 18.2 Å². The van der Waals surface area contributed by atoms with E-state index in [9.17, 15) is 18.3 Å². The van der Waals surface area contributed by atoms with Gasteiger partial charge in [0.05, 0.1) is 10.5 Å². The Balaban J connectivity index is 1.74. The number of carbonyl (C=O) groups is 1. The Kier molecular flexibility index (Phi) is 4.06. The van der Waals surface area contributed by atoms with Gasteiger partial charge in [0, 0.05) is 0 Å². The normalized spacial score (nSPS) is 13.6. The quantitative estimate of drug-likeness (QED) is 0.740. The molecular formula is C16H16N2O4S. The molecule has 0 fully saturated rings. The third-order valence-corrected chi connectivity index (χ3v) is 5.07. The molecule has 120 valence electrons. The van der Waals surface area contributed by atoms with Gasteiger partial charge in [0.15, 0.2) is 0 Å². The topological polar surface area (TPSA) is 95.5 Å². The van der Waals surface area contributed by atoms with Gasteiger partial charge in [0.2, 0.25) is 0 Å². The van der Waals surface area contributed by atoms with Crippen molar-refractivity contribution in [2.45, 2.75) is 24.2 Å². The molecule has 3 N–H and O–H groups in total. The molecule has 3 rings (SSSR count). The predicted molar refractivity (Wildman–Crippen MR) is 84.4 cm³/mol. The lowest BCUT2D eigenvalue weighted by molar-refractivity contribution is 0.0942. The summed E-state index contributed by atoms with van der Waals surface area (Å²) in [5.41, 5.74) is 4.30. The number of nitrogens with one attached hydrogen (secondary N) is 2. The molecule has 0 unspecified atom stereocenters. The molecule has 2 aromatic carbocycles. The van der Waals surface area contributed by atoms with Gasteiger partial charge in [0.1, 0.15) is 5.75 Å². The number of benzene rings is 2. The first-order valence-electron chi connectivity index (χ1n) is 7.19. The van der Waals surface area contributed by atoms with E-state index < -0.39 is 15.9 Å². The molecule has 0 saturated heterocycles. The third kappa shape index (κ3) is 3.20. The number of sulfonamides is 1. The number of phenols is 1. The Morgan fingerprint density at radius 3 is 2.57 bits per heavy atom. The number of hydrogen-bond donors (Lipinski definition) is 3. The summed E-state index contributed by atoms with van der Waals surface area (Å²) in [5.74, 6) is -0.949. The minimum absolute atomic E-state index is 0.0100. The van der Waals surface area contributed by atoms with Gasteiger partial charge in [-0.05, 0) is 54.7 Å². The van der Waals surface area contributed by atoms with Gasteiger partial charge >= 0.3 is 0 Å². The lowest BCUT2D eigenvalue weighted by atomic mass is 10.1. The molecule has 1 aliphatic carbocycles. The molecule has 0 saturated carbocycles. The minimum Gasteiger partial charge on any atom is -0.507 e. The number of fused-ring (bicyclic) bond motifs is 1. The second-order valence-corrected chi connectivity index (χ2v) is 7.04. The summed E-state index contributed by atoms with van der Waals surface area (Å²) >= 11 is 0. The smallest absolute Gasteiger partial charge is 0.269 e. The van der Waals surface area contributed by atoms with Crippen LogP contribution in [0.25, 0.3) is 0 Å². The van der Waals surface area contributed by atoms with E-state index in [1.165, 1.54) is 23.8 Å². The Bertz CT molecular complexity index is 862. The molecule has 0 bridgehead atoms. The van der Waals surface area contributed by atoms with Crippen molar-refractivity contribution in [1.82, 2.24) is 10.3 Å². The van der Waals surface area contributed by atoms with Gasteiger partial charge < -0.3 is 5.11 Å². The van der Waals surface area contributed by atoms with Crippen LogP contribution in [-0.4, -0.2) is 19.4 Å². The zero-order chi connectivity index (χ0) is 16.4. The summed E-state index contributed by atoms with van der Waals surface area (Å²) in [4.78, 5) is 14.1. The van der Waals surface area contributed by atoms with Crippen molar-refractivity contribution >= 4 is 15.9 Å². The largest absolute Gasteiger partial charge is 0.507 e. The lowest BCUT2D eigenvalue weighted by Crippen LogP contribution is -2.41. The fourth-order valence-electron chi connectivity index (χ4n) is 2.62. The number of aromatic hydroxyl groups is 1. The van der Waals surface area contributed by atoms with Crippen LogP contribution in [0.1, 0.15) is 27.9 Å². The van der Waals surface area contributed by atoms with Crippen LogP contribution >= 0.6 is 0 Å². The summed E-state index contributed by atoms with van der Waals surface area (Å²) in [6, 6.07) is 10.9. The lowest BCUT2D eigenvalue weighted by Gasteiger charge is -2.10. The number of para-hydroxylation sites is 1. The second kappa shape index (κ2) is 6.02. The first-order valence-corrected chi connectivity index (χ1v) is 8.67. The zero-order valence-corrected chi connectivity index (χ0v) is 13.1. The van der Waals surface area contributed by atoms with E-state index in [0.29, 0.717) is 0 Å². The van der Waals surface area contributed by atoms with Crippen LogP contribution in [0.15, 0.2) is 47.4 Å². The minimum atomic E-state index is -3.86. The molecule has 0 aliphatic heterocycles. The fourth-order valence-corrected chi connectivity index (χ4v) is 3.51. The van der Waals surface area contributed by atoms with Crippen molar-refractivity contribution in [2.24, 2.45) is 0 Å². The van der Waals surface area contributed by atoms with Crippen LogP contribution < -0.4 is 10.3 Å². The summed E-state index contributed by atoms with van der Waals surface area (Å²) < 4.78 is 24.5. The number of phenolic OH excluding ortho intramolecular Hbond substituents is 1. The maximum absolute atomic E-state index is 12.3. The van der Waals surface area contributed by atoms with E-state index in [2.05, 4.69) is 10.3 Å². The molecule has 0 spiro atoms. The van der Waals surface area contributed by atoms with E-state index in [-0.39, 0.29) is 16.2 Å². The molecule has 1 amide bonds.